The average Bonchev–Trinajstić information content (AvgIpc) is 3.31. The fourth-order valence-electron chi connectivity index (χ4n) is 3.47. The summed E-state index contributed by atoms with van der Waals surface area (Å²) >= 11 is 0. The fraction of sp³-hybridized carbons (Fsp3) is 0.120. The van der Waals surface area contributed by atoms with Gasteiger partial charge < -0.3 is 10.1 Å². The van der Waals surface area contributed by atoms with Crippen LogP contribution in [0.4, 0.5) is 8.78 Å². The first-order chi connectivity index (χ1) is 15.6. The molecule has 0 unspecified atom stereocenters. The Hall–Kier alpha value is -4.00. The van der Waals surface area contributed by atoms with Crippen molar-refractivity contribution in [3.05, 3.63) is 102 Å². The Bertz CT molecular complexity index is 1240. The highest BCUT2D eigenvalue weighted by Crippen LogP contribution is 2.23. The molecule has 4 aromatic rings. The maximum absolute atomic E-state index is 13.5. The number of carbonyl (C=O) groups is 1. The van der Waals surface area contributed by atoms with Crippen molar-refractivity contribution in [2.24, 2.45) is 0 Å². The monoisotopic (exact) mass is 433 g/mol. The minimum Gasteiger partial charge on any atom is -0.496 e. The van der Waals surface area contributed by atoms with Gasteiger partial charge in [-0.15, -0.1) is 0 Å². The largest absolute Gasteiger partial charge is 0.496 e. The van der Waals surface area contributed by atoms with E-state index in [4.69, 9.17) is 4.74 Å². The van der Waals surface area contributed by atoms with E-state index < -0.39 is 11.6 Å². The Morgan fingerprint density at radius 1 is 1.00 bits per heavy atom. The number of amides is 1. The van der Waals surface area contributed by atoms with Crippen molar-refractivity contribution in [1.29, 1.82) is 0 Å². The van der Waals surface area contributed by atoms with Gasteiger partial charge in [-0.1, -0.05) is 36.4 Å². The minimum absolute atomic E-state index is 0.248. The molecule has 1 aromatic heterocycles. The van der Waals surface area contributed by atoms with Gasteiger partial charge in [0, 0.05) is 12.2 Å². The highest BCUT2D eigenvalue weighted by atomic mass is 19.2. The summed E-state index contributed by atoms with van der Waals surface area (Å²) in [6.45, 7) is 0.444. The van der Waals surface area contributed by atoms with Gasteiger partial charge in [0.15, 0.2) is 11.6 Å². The molecule has 0 aliphatic carbocycles. The second kappa shape index (κ2) is 9.43. The number of halogens is 2. The number of carbonyl (C=O) groups excluding carboxylic acids is 1. The number of benzene rings is 3. The van der Waals surface area contributed by atoms with Crippen molar-refractivity contribution in [3.8, 4) is 22.6 Å². The summed E-state index contributed by atoms with van der Waals surface area (Å²) in [7, 11) is 1.62. The molecule has 0 atom stereocenters. The second-order valence-electron chi connectivity index (χ2n) is 7.14. The third-order valence-electron chi connectivity index (χ3n) is 5.14. The summed E-state index contributed by atoms with van der Waals surface area (Å²) in [4.78, 5) is 16.8. The van der Waals surface area contributed by atoms with Gasteiger partial charge in [0.2, 0.25) is 0 Å². The molecule has 0 fully saturated rings. The molecule has 0 bridgehead atoms. The van der Waals surface area contributed by atoms with Gasteiger partial charge in [-0.3, -0.25) is 9.36 Å². The summed E-state index contributed by atoms with van der Waals surface area (Å²) in [5.41, 5.74) is 3.43. The third kappa shape index (κ3) is 4.51. The molecule has 0 saturated carbocycles. The van der Waals surface area contributed by atoms with Crippen LogP contribution in [0.3, 0.4) is 0 Å². The zero-order valence-electron chi connectivity index (χ0n) is 17.4. The Morgan fingerprint density at radius 3 is 2.50 bits per heavy atom. The van der Waals surface area contributed by atoms with Crippen molar-refractivity contribution in [3.63, 3.8) is 0 Å². The molecule has 32 heavy (non-hydrogen) atoms. The molecule has 7 heteroatoms. The molecule has 1 amide bonds. The number of imidazole rings is 1. The molecule has 4 rings (SSSR count). The number of hydrogen-bond donors (Lipinski definition) is 1. The van der Waals surface area contributed by atoms with Crippen LogP contribution in [-0.2, 0) is 6.42 Å². The van der Waals surface area contributed by atoms with E-state index >= 15 is 0 Å². The van der Waals surface area contributed by atoms with Crippen LogP contribution < -0.4 is 10.1 Å². The Kier molecular flexibility index (Phi) is 6.26. The first-order valence-corrected chi connectivity index (χ1v) is 10.0. The predicted octanol–water partition coefficient (Wildman–Crippen LogP) is 4.80. The van der Waals surface area contributed by atoms with Gasteiger partial charge in [-0.2, -0.15) is 0 Å². The lowest BCUT2D eigenvalue weighted by Gasteiger charge is -2.11. The number of para-hydroxylation sites is 1. The van der Waals surface area contributed by atoms with Crippen molar-refractivity contribution < 1.29 is 18.3 Å². The molecule has 0 radical (unpaired) electrons. The maximum Gasteiger partial charge on any atom is 0.269 e. The molecule has 1 N–H and O–H groups in total. The Balaban J connectivity index is 1.45. The first-order valence-electron chi connectivity index (χ1n) is 10.0. The van der Waals surface area contributed by atoms with Crippen molar-refractivity contribution >= 4 is 5.91 Å². The van der Waals surface area contributed by atoms with E-state index in [1.54, 1.807) is 42.3 Å². The molecule has 3 aromatic carbocycles. The zero-order chi connectivity index (χ0) is 22.5. The van der Waals surface area contributed by atoms with Crippen LogP contribution in [0.25, 0.3) is 16.8 Å². The van der Waals surface area contributed by atoms with Crippen LogP contribution in [-0.4, -0.2) is 29.1 Å². The van der Waals surface area contributed by atoms with Gasteiger partial charge in [0.05, 0.1) is 19.6 Å². The minimum atomic E-state index is -0.895. The molecular weight excluding hydrogens is 412 g/mol. The molecular formula is C25H21F2N3O2. The number of nitrogens with zero attached hydrogens (tertiary/aromatic N) is 2. The van der Waals surface area contributed by atoms with Crippen LogP contribution in [0.2, 0.25) is 0 Å². The lowest BCUT2D eigenvalue weighted by molar-refractivity contribution is 0.0947. The molecule has 162 valence electrons. The van der Waals surface area contributed by atoms with E-state index in [2.05, 4.69) is 10.3 Å². The van der Waals surface area contributed by atoms with Crippen LogP contribution >= 0.6 is 0 Å². The van der Waals surface area contributed by atoms with Crippen LogP contribution in [0, 0.1) is 11.6 Å². The smallest absolute Gasteiger partial charge is 0.269 e. The van der Waals surface area contributed by atoms with Gasteiger partial charge in [0.1, 0.15) is 11.4 Å². The lowest BCUT2D eigenvalue weighted by Crippen LogP contribution is -2.27. The molecule has 1 heterocycles. The Morgan fingerprint density at radius 2 is 1.75 bits per heavy atom. The molecule has 0 aliphatic rings. The fourth-order valence-corrected chi connectivity index (χ4v) is 3.47. The maximum atomic E-state index is 13.5. The summed E-state index contributed by atoms with van der Waals surface area (Å²) in [5.74, 6) is -1.24. The molecule has 0 aliphatic heterocycles. The first kappa shape index (κ1) is 21.2. The highest BCUT2D eigenvalue weighted by Gasteiger charge is 2.13. The number of hydrogen-bond acceptors (Lipinski definition) is 3. The third-order valence-corrected chi connectivity index (χ3v) is 5.14. The number of rotatable bonds is 7. The van der Waals surface area contributed by atoms with E-state index in [1.165, 1.54) is 12.3 Å². The van der Waals surface area contributed by atoms with Crippen LogP contribution in [0.15, 0.2) is 79.3 Å². The van der Waals surface area contributed by atoms with Crippen molar-refractivity contribution in [2.45, 2.75) is 6.42 Å². The van der Waals surface area contributed by atoms with Gasteiger partial charge in [0.25, 0.3) is 5.91 Å². The predicted molar refractivity (Wildman–Crippen MR) is 118 cm³/mol. The summed E-state index contributed by atoms with van der Waals surface area (Å²) in [6, 6.07) is 18.6. The highest BCUT2D eigenvalue weighted by molar-refractivity contribution is 5.93. The second-order valence-corrected chi connectivity index (χ2v) is 7.14. The van der Waals surface area contributed by atoms with Crippen molar-refractivity contribution in [2.75, 3.05) is 13.7 Å². The topological polar surface area (TPSA) is 56.1 Å². The van der Waals surface area contributed by atoms with Gasteiger partial charge in [-0.05, 0) is 53.4 Å². The SMILES string of the molecule is COc1ccccc1CCNC(=O)c1cncn1-c1ccc(-c2ccc(F)c(F)c2)cc1. The normalized spacial score (nSPS) is 10.7. The summed E-state index contributed by atoms with van der Waals surface area (Å²) < 4.78 is 33.7. The van der Waals surface area contributed by atoms with E-state index in [0.717, 1.165) is 34.7 Å². The van der Waals surface area contributed by atoms with Crippen LogP contribution in [0.1, 0.15) is 16.1 Å². The standard InChI is InChI=1S/C25H21F2N3O2/c1-32-24-5-3-2-4-18(24)12-13-29-25(31)23-15-28-16-30(23)20-9-6-17(7-10-20)19-8-11-21(26)22(27)14-19/h2-11,14-16H,12-13H2,1H3,(H,29,31). The van der Waals surface area contributed by atoms with E-state index in [0.29, 0.717) is 24.2 Å². The quantitative estimate of drug-likeness (QED) is 0.456. The molecule has 0 saturated heterocycles. The summed E-state index contributed by atoms with van der Waals surface area (Å²) in [6.07, 6.45) is 3.69. The summed E-state index contributed by atoms with van der Waals surface area (Å²) in [5, 5.41) is 2.91. The lowest BCUT2D eigenvalue weighted by atomic mass is 10.1. The number of aromatic nitrogens is 2. The van der Waals surface area contributed by atoms with E-state index in [1.807, 2.05) is 24.3 Å². The Labute approximate surface area is 184 Å². The van der Waals surface area contributed by atoms with E-state index in [-0.39, 0.29) is 5.91 Å². The number of nitrogens with one attached hydrogen (secondary N) is 1. The van der Waals surface area contributed by atoms with Gasteiger partial charge >= 0.3 is 0 Å². The van der Waals surface area contributed by atoms with Crippen LogP contribution in [0.5, 0.6) is 5.75 Å². The number of ether oxygens (including phenoxy) is 1. The average molecular weight is 433 g/mol. The molecule has 5 nitrogen and oxygen atoms in total. The molecule has 0 spiro atoms. The zero-order valence-corrected chi connectivity index (χ0v) is 17.4. The van der Waals surface area contributed by atoms with Gasteiger partial charge in [-0.25, -0.2) is 13.8 Å². The number of methoxy groups -OCH3 is 1. The van der Waals surface area contributed by atoms with E-state index in [9.17, 15) is 13.6 Å². The van der Waals surface area contributed by atoms with Crippen molar-refractivity contribution in [1.82, 2.24) is 14.9 Å².